The number of Topliss-reactive ketones (excluding diaryl/α,β-unsaturated/α-hetero) is 1. The summed E-state index contributed by atoms with van der Waals surface area (Å²) >= 11 is 1.57. The summed E-state index contributed by atoms with van der Waals surface area (Å²) in [7, 11) is 1.78. The molecule has 0 aliphatic heterocycles. The molecule has 88 valence electrons. The summed E-state index contributed by atoms with van der Waals surface area (Å²) < 4.78 is 1.61. The van der Waals surface area contributed by atoms with Crippen LogP contribution in [0.15, 0.2) is 41.4 Å². The smallest absolute Gasteiger partial charge is 0.191 e. The molecule has 0 atom stereocenters. The number of rotatable bonds is 4. The van der Waals surface area contributed by atoms with Crippen LogP contribution in [0.4, 0.5) is 0 Å². The van der Waals surface area contributed by atoms with Crippen LogP contribution in [-0.2, 0) is 7.05 Å². The van der Waals surface area contributed by atoms with Crippen LogP contribution in [0.3, 0.4) is 0 Å². The Labute approximate surface area is 105 Å². The molecule has 2 aromatic rings. The Hall–Kier alpha value is -1.55. The molecule has 2 rings (SSSR count). The van der Waals surface area contributed by atoms with E-state index in [0.29, 0.717) is 11.4 Å². The van der Waals surface area contributed by atoms with Gasteiger partial charge in [0, 0.05) is 18.1 Å². The predicted molar refractivity (Wildman–Crippen MR) is 69.4 cm³/mol. The Morgan fingerprint density at radius 1 is 1.35 bits per heavy atom. The second kappa shape index (κ2) is 5.19. The van der Waals surface area contributed by atoms with Gasteiger partial charge in [-0.25, -0.2) is 0 Å². The summed E-state index contributed by atoms with van der Waals surface area (Å²) in [5.74, 6) is 0.558. The van der Waals surface area contributed by atoms with E-state index in [4.69, 9.17) is 0 Å². The highest BCUT2D eigenvalue weighted by molar-refractivity contribution is 8.00. The first-order chi connectivity index (χ1) is 8.18. The number of carbonyl (C=O) groups excluding carboxylic acids is 1. The van der Waals surface area contributed by atoms with Crippen LogP contribution >= 0.6 is 11.8 Å². The van der Waals surface area contributed by atoms with E-state index < -0.39 is 0 Å². The summed E-state index contributed by atoms with van der Waals surface area (Å²) in [4.78, 5) is 13.1. The predicted octanol–water partition coefficient (Wildman–Crippen LogP) is 2.70. The number of benzene rings is 1. The fourth-order valence-electron chi connectivity index (χ4n) is 1.58. The zero-order valence-corrected chi connectivity index (χ0v) is 10.7. The summed E-state index contributed by atoms with van der Waals surface area (Å²) in [6.07, 6.45) is 1.64. The third-order valence-corrected chi connectivity index (χ3v) is 3.73. The van der Waals surface area contributed by atoms with E-state index in [9.17, 15) is 4.79 Å². The van der Waals surface area contributed by atoms with E-state index in [-0.39, 0.29) is 5.78 Å². The zero-order chi connectivity index (χ0) is 12.3. The van der Waals surface area contributed by atoms with E-state index in [2.05, 4.69) is 18.1 Å². The van der Waals surface area contributed by atoms with Crippen molar-refractivity contribution in [2.75, 3.05) is 5.75 Å². The second-order valence-corrected chi connectivity index (χ2v) is 4.83. The molecule has 0 saturated carbocycles. The molecule has 1 aromatic carbocycles. The topological polar surface area (TPSA) is 34.9 Å². The number of thioether (sulfide) groups is 1. The number of aryl methyl sites for hydroxylation is 2. The van der Waals surface area contributed by atoms with E-state index in [1.54, 1.807) is 35.8 Å². The fourth-order valence-corrected chi connectivity index (χ4v) is 2.49. The van der Waals surface area contributed by atoms with Crippen LogP contribution in [0.2, 0.25) is 0 Å². The maximum atomic E-state index is 11.9. The van der Waals surface area contributed by atoms with Crippen molar-refractivity contribution in [3.8, 4) is 0 Å². The van der Waals surface area contributed by atoms with Crippen molar-refractivity contribution in [3.63, 3.8) is 0 Å². The van der Waals surface area contributed by atoms with Crippen LogP contribution < -0.4 is 0 Å². The second-order valence-electron chi connectivity index (χ2n) is 3.82. The van der Waals surface area contributed by atoms with Gasteiger partial charge in [-0.1, -0.05) is 18.2 Å². The van der Waals surface area contributed by atoms with Crippen molar-refractivity contribution < 1.29 is 4.79 Å². The third-order valence-electron chi connectivity index (χ3n) is 2.56. The van der Waals surface area contributed by atoms with Crippen LogP contribution in [-0.4, -0.2) is 21.3 Å². The van der Waals surface area contributed by atoms with Crippen LogP contribution in [0.5, 0.6) is 0 Å². The lowest BCUT2D eigenvalue weighted by Gasteiger charge is -2.04. The number of hydrogen-bond acceptors (Lipinski definition) is 3. The molecule has 0 fully saturated rings. The molecular weight excluding hydrogens is 232 g/mol. The third kappa shape index (κ3) is 2.77. The molecule has 1 heterocycles. The lowest BCUT2D eigenvalue weighted by molar-refractivity contribution is 0.101. The summed E-state index contributed by atoms with van der Waals surface area (Å²) in [6.45, 7) is 2.05. The quantitative estimate of drug-likeness (QED) is 0.614. The van der Waals surface area contributed by atoms with Gasteiger partial charge in [-0.3, -0.25) is 9.48 Å². The van der Waals surface area contributed by atoms with E-state index in [1.807, 2.05) is 18.2 Å². The molecule has 0 bridgehead atoms. The van der Waals surface area contributed by atoms with E-state index >= 15 is 0 Å². The van der Waals surface area contributed by atoms with Gasteiger partial charge in [0.1, 0.15) is 5.69 Å². The largest absolute Gasteiger partial charge is 0.292 e. The van der Waals surface area contributed by atoms with Gasteiger partial charge in [0.15, 0.2) is 5.78 Å². The van der Waals surface area contributed by atoms with Crippen molar-refractivity contribution >= 4 is 17.5 Å². The van der Waals surface area contributed by atoms with E-state index in [1.165, 1.54) is 5.56 Å². The van der Waals surface area contributed by atoms with Gasteiger partial charge in [0.05, 0.1) is 5.75 Å². The van der Waals surface area contributed by atoms with E-state index in [0.717, 1.165) is 4.90 Å². The Kier molecular flexibility index (Phi) is 3.64. The minimum absolute atomic E-state index is 0.109. The van der Waals surface area contributed by atoms with Crippen molar-refractivity contribution in [3.05, 3.63) is 47.8 Å². The SMILES string of the molecule is Cc1ccccc1SCC(=O)c1ccnn1C. The normalized spacial score (nSPS) is 10.5. The van der Waals surface area contributed by atoms with Crippen LogP contribution in [0, 0.1) is 6.92 Å². The summed E-state index contributed by atoms with van der Waals surface area (Å²) in [5.41, 5.74) is 1.86. The fraction of sp³-hybridized carbons (Fsp3) is 0.231. The Bertz CT molecular complexity index is 534. The van der Waals surface area contributed by atoms with Gasteiger partial charge in [0.2, 0.25) is 0 Å². The molecule has 0 unspecified atom stereocenters. The van der Waals surface area contributed by atoms with Crippen LogP contribution in [0.25, 0.3) is 0 Å². The molecular formula is C13H14N2OS. The molecule has 0 saturated heterocycles. The molecule has 3 nitrogen and oxygen atoms in total. The van der Waals surface area contributed by atoms with Gasteiger partial charge >= 0.3 is 0 Å². The first kappa shape index (κ1) is 11.9. The molecule has 4 heteroatoms. The Morgan fingerprint density at radius 2 is 2.12 bits per heavy atom. The number of ketones is 1. The maximum absolute atomic E-state index is 11.9. The van der Waals surface area contributed by atoms with Gasteiger partial charge < -0.3 is 0 Å². The molecule has 0 spiro atoms. The van der Waals surface area contributed by atoms with Gasteiger partial charge in [0.25, 0.3) is 0 Å². The molecule has 0 radical (unpaired) electrons. The van der Waals surface area contributed by atoms with Gasteiger partial charge in [-0.2, -0.15) is 5.10 Å². The maximum Gasteiger partial charge on any atom is 0.191 e. The molecule has 1 aromatic heterocycles. The minimum Gasteiger partial charge on any atom is -0.292 e. The highest BCUT2D eigenvalue weighted by Crippen LogP contribution is 2.22. The highest BCUT2D eigenvalue weighted by Gasteiger charge is 2.10. The number of carbonyl (C=O) groups is 1. The number of aromatic nitrogens is 2. The number of nitrogens with zero attached hydrogens (tertiary/aromatic N) is 2. The van der Waals surface area contributed by atoms with Crippen LogP contribution in [0.1, 0.15) is 16.1 Å². The Morgan fingerprint density at radius 3 is 2.76 bits per heavy atom. The average Bonchev–Trinajstić information content (AvgIpc) is 2.74. The first-order valence-electron chi connectivity index (χ1n) is 5.38. The van der Waals surface area contributed by atoms with Gasteiger partial charge in [-0.15, -0.1) is 11.8 Å². The summed E-state index contributed by atoms with van der Waals surface area (Å²) in [5, 5.41) is 4.00. The monoisotopic (exact) mass is 246 g/mol. The number of hydrogen-bond donors (Lipinski definition) is 0. The highest BCUT2D eigenvalue weighted by atomic mass is 32.2. The molecule has 0 N–H and O–H groups in total. The molecule has 0 aliphatic carbocycles. The average molecular weight is 246 g/mol. The molecule has 0 aliphatic rings. The lowest BCUT2D eigenvalue weighted by Crippen LogP contribution is -2.09. The first-order valence-corrected chi connectivity index (χ1v) is 6.36. The van der Waals surface area contributed by atoms with Crippen molar-refractivity contribution in [1.29, 1.82) is 0 Å². The molecule has 0 amide bonds. The lowest BCUT2D eigenvalue weighted by atomic mass is 10.2. The standard InChI is InChI=1S/C13H14N2OS/c1-10-5-3-4-6-13(10)17-9-12(16)11-7-8-14-15(11)2/h3-8H,9H2,1-2H3. The molecule has 17 heavy (non-hydrogen) atoms. The zero-order valence-electron chi connectivity index (χ0n) is 9.88. The van der Waals surface area contributed by atoms with Crippen molar-refractivity contribution in [2.45, 2.75) is 11.8 Å². The summed E-state index contributed by atoms with van der Waals surface area (Å²) in [6, 6.07) is 9.83. The van der Waals surface area contributed by atoms with Gasteiger partial charge in [-0.05, 0) is 24.6 Å². The van der Waals surface area contributed by atoms with Crippen molar-refractivity contribution in [1.82, 2.24) is 9.78 Å². The van der Waals surface area contributed by atoms with Crippen molar-refractivity contribution in [2.24, 2.45) is 7.05 Å². The Balaban J connectivity index is 2.02. The minimum atomic E-state index is 0.109.